The molecule has 1 aromatic carbocycles. The van der Waals surface area contributed by atoms with Crippen LogP contribution in [-0.2, 0) is 11.8 Å². The van der Waals surface area contributed by atoms with Crippen LogP contribution in [-0.4, -0.2) is 45.8 Å². The summed E-state index contributed by atoms with van der Waals surface area (Å²) in [7, 11) is 1.98. The van der Waals surface area contributed by atoms with Gasteiger partial charge in [0.05, 0.1) is 23.4 Å². The van der Waals surface area contributed by atoms with Gasteiger partial charge in [-0.15, -0.1) is 0 Å². The van der Waals surface area contributed by atoms with Crippen molar-refractivity contribution in [3.8, 4) is 0 Å². The van der Waals surface area contributed by atoms with E-state index in [2.05, 4.69) is 28.5 Å². The van der Waals surface area contributed by atoms with E-state index < -0.39 is 5.60 Å². The summed E-state index contributed by atoms with van der Waals surface area (Å²) in [4.78, 5) is 18.4. The van der Waals surface area contributed by atoms with Gasteiger partial charge in [0.15, 0.2) is 0 Å². The molecule has 6 heteroatoms. The average molecular weight is 316 g/mol. The van der Waals surface area contributed by atoms with Crippen LogP contribution in [0.4, 0.5) is 4.79 Å². The lowest BCUT2D eigenvalue weighted by Crippen LogP contribution is -2.49. The van der Waals surface area contributed by atoms with Gasteiger partial charge in [-0.1, -0.05) is 6.07 Å². The van der Waals surface area contributed by atoms with E-state index in [1.54, 1.807) is 4.90 Å². The predicted molar refractivity (Wildman–Crippen MR) is 89.3 cm³/mol. The number of aromatic nitrogens is 2. The third-order valence-corrected chi connectivity index (χ3v) is 3.98. The molecule has 3 rings (SSSR count). The van der Waals surface area contributed by atoms with E-state index >= 15 is 0 Å². The molecule has 23 heavy (non-hydrogen) atoms. The summed E-state index contributed by atoms with van der Waals surface area (Å²) >= 11 is 0. The van der Waals surface area contributed by atoms with Gasteiger partial charge in [-0.3, -0.25) is 0 Å². The van der Waals surface area contributed by atoms with Crippen LogP contribution < -0.4 is 5.32 Å². The van der Waals surface area contributed by atoms with Gasteiger partial charge in [0.1, 0.15) is 5.60 Å². The number of hydrogen-bond acceptors (Lipinski definition) is 4. The molecule has 1 unspecified atom stereocenters. The molecule has 0 aliphatic carbocycles. The number of ether oxygens (including phenoxy) is 1. The van der Waals surface area contributed by atoms with E-state index in [0.29, 0.717) is 13.1 Å². The first-order valence-electron chi connectivity index (χ1n) is 7.96. The Balaban J connectivity index is 1.75. The molecule has 0 radical (unpaired) electrons. The minimum atomic E-state index is -0.468. The molecule has 0 bridgehead atoms. The van der Waals surface area contributed by atoms with Crippen LogP contribution >= 0.6 is 0 Å². The molecule has 1 aliphatic rings. The SMILES string of the molecule is Cn1cnc2cc(C3CN(C(=O)OC(C)(C)C)CCN3)ccc21. The molecule has 1 amide bonds. The van der Waals surface area contributed by atoms with E-state index in [9.17, 15) is 4.79 Å². The minimum Gasteiger partial charge on any atom is -0.444 e. The normalized spacial score (nSPS) is 19.1. The highest BCUT2D eigenvalue weighted by atomic mass is 16.6. The first-order valence-corrected chi connectivity index (χ1v) is 7.96. The number of fused-ring (bicyclic) bond motifs is 1. The monoisotopic (exact) mass is 316 g/mol. The van der Waals surface area contributed by atoms with Gasteiger partial charge in [-0.05, 0) is 38.5 Å². The topological polar surface area (TPSA) is 59.4 Å². The first-order chi connectivity index (χ1) is 10.8. The van der Waals surface area contributed by atoms with Crippen molar-refractivity contribution in [2.24, 2.45) is 7.05 Å². The summed E-state index contributed by atoms with van der Waals surface area (Å²) < 4.78 is 7.48. The Morgan fingerprint density at radius 2 is 2.17 bits per heavy atom. The molecule has 1 aliphatic heterocycles. The zero-order chi connectivity index (χ0) is 16.6. The molecule has 0 spiro atoms. The molecular formula is C17H24N4O2. The smallest absolute Gasteiger partial charge is 0.410 e. The number of nitrogens with zero attached hydrogens (tertiary/aromatic N) is 3. The Hall–Kier alpha value is -2.08. The number of nitrogens with one attached hydrogen (secondary N) is 1. The van der Waals surface area contributed by atoms with Crippen molar-refractivity contribution in [3.63, 3.8) is 0 Å². The standard InChI is InChI=1S/C17H24N4O2/c1-17(2,3)23-16(22)21-8-7-18-14(10-21)12-5-6-15-13(9-12)19-11-20(15)4/h5-6,9,11,14,18H,7-8,10H2,1-4H3. The summed E-state index contributed by atoms with van der Waals surface area (Å²) in [6.07, 6.45) is 1.57. The van der Waals surface area contributed by atoms with Crippen molar-refractivity contribution in [1.82, 2.24) is 19.8 Å². The molecule has 2 heterocycles. The van der Waals surface area contributed by atoms with Crippen LogP contribution in [0.1, 0.15) is 32.4 Å². The highest BCUT2D eigenvalue weighted by Crippen LogP contribution is 2.22. The molecule has 2 aromatic rings. The second kappa shape index (κ2) is 5.85. The van der Waals surface area contributed by atoms with Crippen molar-refractivity contribution in [2.75, 3.05) is 19.6 Å². The fourth-order valence-electron chi connectivity index (χ4n) is 2.84. The molecule has 1 atom stereocenters. The third-order valence-electron chi connectivity index (χ3n) is 3.98. The number of aryl methyl sites for hydroxylation is 1. The Morgan fingerprint density at radius 3 is 2.91 bits per heavy atom. The quantitative estimate of drug-likeness (QED) is 0.878. The fourth-order valence-corrected chi connectivity index (χ4v) is 2.84. The summed E-state index contributed by atoms with van der Waals surface area (Å²) in [5.74, 6) is 0. The molecule has 124 valence electrons. The summed E-state index contributed by atoms with van der Waals surface area (Å²) in [6.45, 7) is 7.69. The summed E-state index contributed by atoms with van der Waals surface area (Å²) in [5, 5.41) is 3.47. The third kappa shape index (κ3) is 3.47. The van der Waals surface area contributed by atoms with E-state index in [1.165, 1.54) is 0 Å². The number of amides is 1. The lowest BCUT2D eigenvalue weighted by atomic mass is 10.0. The van der Waals surface area contributed by atoms with Crippen molar-refractivity contribution < 1.29 is 9.53 Å². The second-order valence-corrected chi connectivity index (χ2v) is 7.04. The first kappa shape index (κ1) is 15.8. The maximum Gasteiger partial charge on any atom is 0.410 e. The number of rotatable bonds is 1. The maximum absolute atomic E-state index is 12.3. The summed E-state index contributed by atoms with van der Waals surface area (Å²) in [6, 6.07) is 6.36. The van der Waals surface area contributed by atoms with Crippen LogP contribution in [0, 0.1) is 0 Å². The van der Waals surface area contributed by atoms with Gasteiger partial charge in [0.25, 0.3) is 0 Å². The molecule has 0 saturated carbocycles. The lowest BCUT2D eigenvalue weighted by molar-refractivity contribution is 0.0195. The van der Waals surface area contributed by atoms with Crippen molar-refractivity contribution in [2.45, 2.75) is 32.4 Å². The number of carbonyl (C=O) groups is 1. The molecule has 6 nitrogen and oxygen atoms in total. The predicted octanol–water partition coefficient (Wildman–Crippen LogP) is 2.45. The second-order valence-electron chi connectivity index (χ2n) is 7.04. The van der Waals surface area contributed by atoms with Crippen LogP contribution in [0.5, 0.6) is 0 Å². The lowest BCUT2D eigenvalue weighted by Gasteiger charge is -2.35. The minimum absolute atomic E-state index is 0.0997. The van der Waals surface area contributed by atoms with Gasteiger partial charge in [0, 0.05) is 26.7 Å². The van der Waals surface area contributed by atoms with Crippen LogP contribution in [0.2, 0.25) is 0 Å². The van der Waals surface area contributed by atoms with E-state index in [-0.39, 0.29) is 12.1 Å². The van der Waals surface area contributed by atoms with Crippen LogP contribution in [0.15, 0.2) is 24.5 Å². The zero-order valence-electron chi connectivity index (χ0n) is 14.2. The Morgan fingerprint density at radius 1 is 1.39 bits per heavy atom. The van der Waals surface area contributed by atoms with Crippen LogP contribution in [0.25, 0.3) is 11.0 Å². The number of hydrogen-bond donors (Lipinski definition) is 1. The van der Waals surface area contributed by atoms with Gasteiger partial charge in [-0.25, -0.2) is 9.78 Å². The van der Waals surface area contributed by atoms with E-state index in [1.807, 2.05) is 38.7 Å². The highest BCUT2D eigenvalue weighted by Gasteiger charge is 2.28. The highest BCUT2D eigenvalue weighted by molar-refractivity contribution is 5.76. The van der Waals surface area contributed by atoms with Gasteiger partial charge in [-0.2, -0.15) is 0 Å². The Labute approximate surface area is 136 Å². The number of imidazole rings is 1. The number of carbonyl (C=O) groups excluding carboxylic acids is 1. The largest absolute Gasteiger partial charge is 0.444 e. The van der Waals surface area contributed by atoms with Gasteiger partial charge in [0.2, 0.25) is 0 Å². The van der Waals surface area contributed by atoms with Crippen molar-refractivity contribution in [3.05, 3.63) is 30.1 Å². The zero-order valence-corrected chi connectivity index (χ0v) is 14.2. The van der Waals surface area contributed by atoms with Gasteiger partial charge >= 0.3 is 6.09 Å². The molecule has 1 aromatic heterocycles. The summed E-state index contributed by atoms with van der Waals surface area (Å²) in [5.41, 5.74) is 2.75. The van der Waals surface area contributed by atoms with E-state index in [0.717, 1.165) is 23.1 Å². The van der Waals surface area contributed by atoms with Crippen molar-refractivity contribution >= 4 is 17.1 Å². The molecule has 1 saturated heterocycles. The van der Waals surface area contributed by atoms with Crippen molar-refractivity contribution in [1.29, 1.82) is 0 Å². The van der Waals surface area contributed by atoms with Crippen LogP contribution in [0.3, 0.4) is 0 Å². The van der Waals surface area contributed by atoms with Gasteiger partial charge < -0.3 is 19.5 Å². The average Bonchev–Trinajstić information content (AvgIpc) is 2.87. The Kier molecular flexibility index (Phi) is 4.02. The Bertz CT molecular complexity index is 717. The maximum atomic E-state index is 12.3. The molecule has 1 fully saturated rings. The number of piperazine rings is 1. The fraction of sp³-hybridized carbons (Fsp3) is 0.529. The van der Waals surface area contributed by atoms with E-state index in [4.69, 9.17) is 4.74 Å². The molecular weight excluding hydrogens is 292 g/mol. The number of benzene rings is 1. The molecule has 1 N–H and O–H groups in total.